The summed E-state index contributed by atoms with van der Waals surface area (Å²) in [5.74, 6) is -0.562. The molecule has 1 N–H and O–H groups in total. The summed E-state index contributed by atoms with van der Waals surface area (Å²) in [5, 5.41) is 13.3. The average molecular weight is 429 g/mol. The zero-order valence-electron chi connectivity index (χ0n) is 19.1. The zero-order chi connectivity index (χ0) is 23.2. The molecule has 0 amide bonds. The lowest BCUT2D eigenvalue weighted by atomic mass is 9.83. The summed E-state index contributed by atoms with van der Waals surface area (Å²) >= 11 is 0. The van der Waals surface area contributed by atoms with Crippen LogP contribution in [0.3, 0.4) is 0 Å². The summed E-state index contributed by atoms with van der Waals surface area (Å²) < 4.78 is 10.3. The number of benzene rings is 2. The maximum Gasteiger partial charge on any atom is 0.341 e. The molecule has 0 aliphatic carbocycles. The highest BCUT2D eigenvalue weighted by Crippen LogP contribution is 2.35. The monoisotopic (exact) mass is 428 g/mol. The Bertz CT molecular complexity index is 917. The van der Waals surface area contributed by atoms with Crippen LogP contribution in [0.4, 0.5) is 5.69 Å². The number of hydrogen-bond donors (Lipinski definition) is 1. The first-order valence-corrected chi connectivity index (χ1v) is 10.4. The van der Waals surface area contributed by atoms with Crippen LogP contribution < -0.4 is 9.64 Å². The molecular formula is C24H32N2O5. The molecule has 1 atom stereocenters. The van der Waals surface area contributed by atoms with Crippen LogP contribution >= 0.6 is 0 Å². The molecule has 2 aromatic rings. The number of phenolic OH excluding ortho intramolecular Hbond substituents is 1. The first-order valence-electron chi connectivity index (χ1n) is 10.4. The Kier molecular flexibility index (Phi) is 8.02. The second kappa shape index (κ2) is 10.3. The van der Waals surface area contributed by atoms with E-state index in [9.17, 15) is 14.8 Å². The van der Waals surface area contributed by atoms with Crippen LogP contribution in [0.1, 0.15) is 62.1 Å². The van der Waals surface area contributed by atoms with Gasteiger partial charge >= 0.3 is 5.97 Å². The molecule has 2 aromatic carbocycles. The van der Waals surface area contributed by atoms with Crippen molar-refractivity contribution in [3.8, 4) is 11.5 Å². The Labute approximate surface area is 184 Å². The van der Waals surface area contributed by atoms with Gasteiger partial charge in [0, 0.05) is 24.8 Å². The quantitative estimate of drug-likeness (QED) is 0.436. The van der Waals surface area contributed by atoms with Crippen LogP contribution in [0.5, 0.6) is 11.5 Å². The number of nitrogens with zero attached hydrogens (tertiary/aromatic N) is 2. The van der Waals surface area contributed by atoms with E-state index in [1.165, 1.54) is 25.3 Å². The van der Waals surface area contributed by atoms with E-state index in [1.807, 2.05) is 18.2 Å². The Morgan fingerprint density at radius 1 is 1.13 bits per heavy atom. The fourth-order valence-electron chi connectivity index (χ4n) is 3.45. The summed E-state index contributed by atoms with van der Waals surface area (Å²) in [7, 11) is 1.24. The molecule has 0 aliphatic rings. The lowest BCUT2D eigenvalue weighted by molar-refractivity contribution is 0.0597. The average Bonchev–Trinajstić information content (AvgIpc) is 2.74. The van der Waals surface area contributed by atoms with E-state index in [1.54, 1.807) is 0 Å². The molecule has 0 fully saturated rings. The number of aromatic hydroxyl groups is 1. The number of phenols is 1. The van der Waals surface area contributed by atoms with E-state index in [4.69, 9.17) is 4.74 Å². The Balaban J connectivity index is 2.27. The number of methoxy groups -OCH3 is 1. The Morgan fingerprint density at radius 2 is 1.81 bits per heavy atom. The van der Waals surface area contributed by atoms with Gasteiger partial charge in [0.15, 0.2) is 6.04 Å². The number of nitroso groups, excluding NO2 is 1. The van der Waals surface area contributed by atoms with Gasteiger partial charge in [-0.1, -0.05) is 38.1 Å². The molecule has 168 valence electrons. The SMILES string of the molecule is CCN(CC)c1ccc(C(COc2ccc(C(=O)OC)c(O)c2)N=O)cc1C(C)(C)C. The second-order valence-corrected chi connectivity index (χ2v) is 8.30. The molecule has 0 saturated heterocycles. The molecular weight excluding hydrogens is 396 g/mol. The first kappa shape index (κ1) is 24.2. The standard InChI is InChI=1S/C24H32N2O5/c1-7-26(8-2)21-12-9-16(13-19(21)24(3,4)5)20(25-29)15-31-17-10-11-18(22(27)14-17)23(28)30-6/h9-14,20,27H,7-8,15H2,1-6H3. The van der Waals surface area contributed by atoms with E-state index in [-0.39, 0.29) is 23.3 Å². The third kappa shape index (κ3) is 5.75. The van der Waals surface area contributed by atoms with Gasteiger partial charge in [0.05, 0.1) is 7.11 Å². The van der Waals surface area contributed by atoms with Gasteiger partial charge in [-0.3, -0.25) is 0 Å². The minimum atomic E-state index is -0.714. The number of hydrogen-bond acceptors (Lipinski definition) is 7. The van der Waals surface area contributed by atoms with Gasteiger partial charge in [-0.25, -0.2) is 4.79 Å². The van der Waals surface area contributed by atoms with Crippen molar-refractivity contribution in [2.24, 2.45) is 5.18 Å². The van der Waals surface area contributed by atoms with E-state index >= 15 is 0 Å². The van der Waals surface area contributed by atoms with Crippen molar-refractivity contribution in [2.45, 2.75) is 46.1 Å². The molecule has 0 bridgehead atoms. The van der Waals surface area contributed by atoms with E-state index in [0.717, 1.165) is 29.9 Å². The van der Waals surface area contributed by atoms with Crippen LogP contribution in [0.25, 0.3) is 0 Å². The lowest BCUT2D eigenvalue weighted by Gasteiger charge is -2.31. The molecule has 31 heavy (non-hydrogen) atoms. The van der Waals surface area contributed by atoms with Crippen molar-refractivity contribution in [1.29, 1.82) is 0 Å². The Hall–Kier alpha value is -3.09. The topological polar surface area (TPSA) is 88.4 Å². The molecule has 7 nitrogen and oxygen atoms in total. The van der Waals surface area contributed by atoms with Crippen LogP contribution in [0.15, 0.2) is 41.6 Å². The van der Waals surface area contributed by atoms with Crippen molar-refractivity contribution >= 4 is 11.7 Å². The highest BCUT2D eigenvalue weighted by molar-refractivity contribution is 5.92. The largest absolute Gasteiger partial charge is 0.507 e. The van der Waals surface area contributed by atoms with E-state index in [2.05, 4.69) is 49.4 Å². The van der Waals surface area contributed by atoms with Crippen LogP contribution in [0.2, 0.25) is 0 Å². The summed E-state index contributed by atoms with van der Waals surface area (Å²) in [4.78, 5) is 25.5. The minimum absolute atomic E-state index is 0.00864. The third-order valence-electron chi connectivity index (χ3n) is 5.23. The first-order chi connectivity index (χ1) is 14.7. The molecule has 0 radical (unpaired) electrons. The van der Waals surface area contributed by atoms with Crippen molar-refractivity contribution in [2.75, 3.05) is 31.7 Å². The number of ether oxygens (including phenoxy) is 2. The predicted octanol–water partition coefficient (Wildman–Crippen LogP) is 5.21. The van der Waals surface area contributed by atoms with Gasteiger partial charge in [0.1, 0.15) is 23.7 Å². The molecule has 7 heteroatoms. The smallest absolute Gasteiger partial charge is 0.341 e. The summed E-state index contributed by atoms with van der Waals surface area (Å²) in [6.45, 7) is 12.5. The van der Waals surface area contributed by atoms with Crippen molar-refractivity contribution in [1.82, 2.24) is 0 Å². The molecule has 0 aliphatic heterocycles. The third-order valence-corrected chi connectivity index (χ3v) is 5.23. The van der Waals surface area contributed by atoms with Gasteiger partial charge < -0.3 is 19.5 Å². The van der Waals surface area contributed by atoms with Gasteiger partial charge in [-0.15, -0.1) is 0 Å². The van der Waals surface area contributed by atoms with Crippen molar-refractivity contribution in [3.63, 3.8) is 0 Å². The molecule has 0 spiro atoms. The van der Waals surface area contributed by atoms with Gasteiger partial charge in [0.25, 0.3) is 0 Å². The van der Waals surface area contributed by atoms with E-state index in [0.29, 0.717) is 5.75 Å². The normalized spacial score (nSPS) is 12.2. The maximum atomic E-state index is 11.6. The summed E-state index contributed by atoms with van der Waals surface area (Å²) in [6.07, 6.45) is 0. The zero-order valence-corrected chi connectivity index (χ0v) is 19.1. The van der Waals surface area contributed by atoms with Crippen LogP contribution in [0, 0.1) is 4.91 Å². The highest BCUT2D eigenvalue weighted by atomic mass is 16.5. The molecule has 0 saturated carbocycles. The molecule has 2 rings (SSSR count). The number of rotatable bonds is 9. The van der Waals surface area contributed by atoms with Crippen molar-refractivity contribution in [3.05, 3.63) is 58.0 Å². The number of carbonyl (C=O) groups excluding carboxylic acids is 1. The number of esters is 1. The maximum absolute atomic E-state index is 11.6. The molecule has 1 unspecified atom stereocenters. The van der Waals surface area contributed by atoms with Crippen LogP contribution in [-0.4, -0.2) is 37.9 Å². The lowest BCUT2D eigenvalue weighted by Crippen LogP contribution is -2.26. The number of anilines is 1. The van der Waals surface area contributed by atoms with Crippen LogP contribution in [-0.2, 0) is 10.2 Å². The van der Waals surface area contributed by atoms with Gasteiger partial charge in [0.2, 0.25) is 0 Å². The van der Waals surface area contributed by atoms with Crippen molar-refractivity contribution < 1.29 is 19.4 Å². The molecule has 0 aromatic heterocycles. The summed E-state index contributed by atoms with van der Waals surface area (Å²) in [6, 6.07) is 9.54. The van der Waals surface area contributed by atoms with Gasteiger partial charge in [-0.2, -0.15) is 4.91 Å². The van der Waals surface area contributed by atoms with Gasteiger partial charge in [-0.05, 0) is 48.6 Å². The minimum Gasteiger partial charge on any atom is -0.507 e. The summed E-state index contributed by atoms with van der Waals surface area (Å²) in [5.41, 5.74) is 2.99. The second-order valence-electron chi connectivity index (χ2n) is 8.30. The van der Waals surface area contributed by atoms with E-state index < -0.39 is 12.0 Å². The fourth-order valence-corrected chi connectivity index (χ4v) is 3.45. The number of carbonyl (C=O) groups is 1. The highest BCUT2D eigenvalue weighted by Gasteiger charge is 2.24. The fraction of sp³-hybridized carbons (Fsp3) is 0.458. The predicted molar refractivity (Wildman–Crippen MR) is 122 cm³/mol. The molecule has 0 heterocycles. The Morgan fingerprint density at radius 3 is 2.32 bits per heavy atom.